The molecule has 2 aromatic rings. The molecule has 0 aromatic heterocycles. The van der Waals surface area contributed by atoms with Crippen molar-refractivity contribution in [2.75, 3.05) is 7.05 Å². The molecule has 0 radical (unpaired) electrons. The van der Waals surface area contributed by atoms with Gasteiger partial charge in [-0.05, 0) is 49.4 Å². The van der Waals surface area contributed by atoms with E-state index in [1.165, 1.54) is 5.56 Å². The van der Waals surface area contributed by atoms with E-state index in [4.69, 9.17) is 0 Å². The SMILES string of the molecule is CCC(=O)N[C@H]1CCC(N(C)C(=O)c2ccc(-c3ccc(C)cc3)cc2)C1. The van der Waals surface area contributed by atoms with E-state index >= 15 is 0 Å². The first-order valence-electron chi connectivity index (χ1n) is 9.71. The third-order valence-corrected chi connectivity index (χ3v) is 5.48. The number of carbonyl (C=O) groups excluding carboxylic acids is 2. The summed E-state index contributed by atoms with van der Waals surface area (Å²) in [5.41, 5.74) is 4.20. The Hall–Kier alpha value is -2.62. The van der Waals surface area contributed by atoms with E-state index in [2.05, 4.69) is 36.5 Å². The van der Waals surface area contributed by atoms with Gasteiger partial charge in [0.25, 0.3) is 5.91 Å². The second kappa shape index (κ2) is 8.38. The van der Waals surface area contributed by atoms with E-state index in [9.17, 15) is 9.59 Å². The Balaban J connectivity index is 1.63. The fourth-order valence-corrected chi connectivity index (χ4v) is 3.69. The maximum atomic E-state index is 12.8. The smallest absolute Gasteiger partial charge is 0.253 e. The van der Waals surface area contributed by atoms with Crippen LogP contribution >= 0.6 is 0 Å². The molecule has 1 fully saturated rings. The predicted molar refractivity (Wildman–Crippen MR) is 109 cm³/mol. The van der Waals surface area contributed by atoms with Gasteiger partial charge >= 0.3 is 0 Å². The summed E-state index contributed by atoms with van der Waals surface area (Å²) in [5, 5.41) is 3.04. The average molecular weight is 364 g/mol. The molecule has 1 saturated carbocycles. The maximum absolute atomic E-state index is 12.8. The van der Waals surface area contributed by atoms with Gasteiger partial charge in [-0.1, -0.05) is 48.9 Å². The lowest BCUT2D eigenvalue weighted by atomic mass is 10.0. The molecule has 0 spiro atoms. The molecule has 2 aromatic carbocycles. The van der Waals surface area contributed by atoms with Crippen molar-refractivity contribution in [3.05, 3.63) is 59.7 Å². The van der Waals surface area contributed by atoms with Crippen LogP contribution in [0.5, 0.6) is 0 Å². The topological polar surface area (TPSA) is 49.4 Å². The van der Waals surface area contributed by atoms with Crippen molar-refractivity contribution >= 4 is 11.8 Å². The molecule has 2 atom stereocenters. The van der Waals surface area contributed by atoms with E-state index < -0.39 is 0 Å². The standard InChI is InChI=1S/C23H28N2O2/c1-4-22(26)24-20-13-14-21(15-20)25(3)23(27)19-11-9-18(10-12-19)17-7-5-16(2)6-8-17/h5-12,20-21H,4,13-15H2,1-3H3,(H,24,26)/t20-,21?/m0/s1. The molecule has 3 rings (SSSR count). The fourth-order valence-electron chi connectivity index (χ4n) is 3.69. The highest BCUT2D eigenvalue weighted by molar-refractivity contribution is 5.94. The van der Waals surface area contributed by atoms with Crippen LogP contribution in [0, 0.1) is 6.92 Å². The van der Waals surface area contributed by atoms with Gasteiger partial charge in [-0.2, -0.15) is 0 Å². The quantitative estimate of drug-likeness (QED) is 0.865. The summed E-state index contributed by atoms with van der Waals surface area (Å²) in [6.45, 7) is 3.93. The molecule has 0 saturated heterocycles. The number of nitrogens with one attached hydrogen (secondary N) is 1. The van der Waals surface area contributed by atoms with Crippen molar-refractivity contribution in [1.82, 2.24) is 10.2 Å². The number of rotatable bonds is 5. The molecule has 0 aliphatic heterocycles. The van der Waals surface area contributed by atoms with Crippen LogP contribution in [0.2, 0.25) is 0 Å². The molecule has 1 aliphatic rings. The molecule has 0 bridgehead atoms. The minimum atomic E-state index is 0.0397. The number of hydrogen-bond acceptors (Lipinski definition) is 2. The van der Waals surface area contributed by atoms with Gasteiger partial charge in [-0.3, -0.25) is 9.59 Å². The summed E-state index contributed by atoms with van der Waals surface area (Å²) >= 11 is 0. The number of carbonyl (C=O) groups is 2. The minimum Gasteiger partial charge on any atom is -0.353 e. The van der Waals surface area contributed by atoms with E-state index in [1.807, 2.05) is 43.1 Å². The normalized spacial score (nSPS) is 18.9. The van der Waals surface area contributed by atoms with Crippen molar-refractivity contribution in [2.24, 2.45) is 0 Å². The van der Waals surface area contributed by atoms with Crippen molar-refractivity contribution in [2.45, 2.75) is 51.6 Å². The van der Waals surface area contributed by atoms with Crippen LogP contribution in [-0.2, 0) is 4.79 Å². The molecule has 4 heteroatoms. The number of amides is 2. The van der Waals surface area contributed by atoms with Crippen LogP contribution in [0.15, 0.2) is 48.5 Å². The van der Waals surface area contributed by atoms with E-state index in [-0.39, 0.29) is 23.9 Å². The largest absolute Gasteiger partial charge is 0.353 e. The Bertz CT molecular complexity index is 796. The third-order valence-electron chi connectivity index (χ3n) is 5.48. The van der Waals surface area contributed by atoms with Gasteiger partial charge in [0.05, 0.1) is 0 Å². The number of nitrogens with zero attached hydrogens (tertiary/aromatic N) is 1. The Morgan fingerprint density at radius 3 is 2.19 bits per heavy atom. The Kier molecular flexibility index (Phi) is 5.94. The Labute approximate surface area is 161 Å². The summed E-state index contributed by atoms with van der Waals surface area (Å²) in [6.07, 6.45) is 3.19. The molecule has 142 valence electrons. The lowest BCUT2D eigenvalue weighted by Crippen LogP contribution is -2.38. The number of aryl methyl sites for hydroxylation is 1. The molecule has 1 N–H and O–H groups in total. The highest BCUT2D eigenvalue weighted by Gasteiger charge is 2.30. The zero-order valence-electron chi connectivity index (χ0n) is 16.4. The first kappa shape index (κ1) is 19.2. The van der Waals surface area contributed by atoms with Crippen molar-refractivity contribution in [3.8, 4) is 11.1 Å². The molecule has 4 nitrogen and oxygen atoms in total. The van der Waals surface area contributed by atoms with Crippen LogP contribution < -0.4 is 5.32 Å². The van der Waals surface area contributed by atoms with Crippen LogP contribution in [0.25, 0.3) is 11.1 Å². The van der Waals surface area contributed by atoms with Crippen molar-refractivity contribution in [3.63, 3.8) is 0 Å². The molecular formula is C23H28N2O2. The summed E-state index contributed by atoms with van der Waals surface area (Å²) in [4.78, 5) is 26.3. The first-order chi connectivity index (χ1) is 13.0. The Morgan fingerprint density at radius 2 is 1.59 bits per heavy atom. The van der Waals surface area contributed by atoms with E-state index in [0.29, 0.717) is 12.0 Å². The van der Waals surface area contributed by atoms with Gasteiger partial charge in [0.1, 0.15) is 0 Å². The lowest BCUT2D eigenvalue weighted by molar-refractivity contribution is -0.121. The zero-order valence-corrected chi connectivity index (χ0v) is 16.4. The van der Waals surface area contributed by atoms with Crippen LogP contribution in [0.3, 0.4) is 0 Å². The van der Waals surface area contributed by atoms with E-state index in [0.717, 1.165) is 30.4 Å². The maximum Gasteiger partial charge on any atom is 0.253 e. The summed E-state index contributed by atoms with van der Waals surface area (Å²) in [6, 6.07) is 16.6. The van der Waals surface area contributed by atoms with Gasteiger partial charge in [0.2, 0.25) is 5.91 Å². The number of hydrogen-bond donors (Lipinski definition) is 1. The third kappa shape index (κ3) is 4.57. The van der Waals surface area contributed by atoms with Gasteiger partial charge < -0.3 is 10.2 Å². The van der Waals surface area contributed by atoms with Crippen LogP contribution in [-0.4, -0.2) is 35.8 Å². The fraction of sp³-hybridized carbons (Fsp3) is 0.391. The van der Waals surface area contributed by atoms with Crippen LogP contribution in [0.4, 0.5) is 0 Å². The minimum absolute atomic E-state index is 0.0397. The first-order valence-corrected chi connectivity index (χ1v) is 9.71. The number of benzene rings is 2. The summed E-state index contributed by atoms with van der Waals surface area (Å²) in [7, 11) is 1.87. The molecular weight excluding hydrogens is 336 g/mol. The highest BCUT2D eigenvalue weighted by Crippen LogP contribution is 2.26. The average Bonchev–Trinajstić information content (AvgIpc) is 3.16. The van der Waals surface area contributed by atoms with Gasteiger partial charge in [0.15, 0.2) is 0 Å². The van der Waals surface area contributed by atoms with Gasteiger partial charge in [-0.25, -0.2) is 0 Å². The zero-order chi connectivity index (χ0) is 19.4. The highest BCUT2D eigenvalue weighted by atomic mass is 16.2. The second-order valence-electron chi connectivity index (χ2n) is 7.44. The molecule has 0 heterocycles. The lowest BCUT2D eigenvalue weighted by Gasteiger charge is -2.25. The Morgan fingerprint density at radius 1 is 1.00 bits per heavy atom. The second-order valence-corrected chi connectivity index (χ2v) is 7.44. The summed E-state index contributed by atoms with van der Waals surface area (Å²) in [5.74, 6) is 0.124. The monoisotopic (exact) mass is 364 g/mol. The predicted octanol–water partition coefficient (Wildman–Crippen LogP) is 4.18. The van der Waals surface area contributed by atoms with Crippen molar-refractivity contribution in [1.29, 1.82) is 0 Å². The van der Waals surface area contributed by atoms with Gasteiger partial charge in [-0.15, -0.1) is 0 Å². The molecule has 1 unspecified atom stereocenters. The van der Waals surface area contributed by atoms with Crippen molar-refractivity contribution < 1.29 is 9.59 Å². The molecule has 2 amide bonds. The molecule has 1 aliphatic carbocycles. The van der Waals surface area contributed by atoms with Crippen LogP contribution in [0.1, 0.15) is 48.5 Å². The van der Waals surface area contributed by atoms with E-state index in [1.54, 1.807) is 0 Å². The molecule has 27 heavy (non-hydrogen) atoms. The summed E-state index contributed by atoms with van der Waals surface area (Å²) < 4.78 is 0. The van der Waals surface area contributed by atoms with Gasteiger partial charge in [0, 0.05) is 31.1 Å².